The summed E-state index contributed by atoms with van der Waals surface area (Å²) in [6.07, 6.45) is 4.52. The lowest BCUT2D eigenvalue weighted by atomic mass is 10.2. The fourth-order valence-electron chi connectivity index (χ4n) is 3.24. The van der Waals surface area contributed by atoms with E-state index in [1.165, 1.54) is 0 Å². The maximum atomic E-state index is 12.8. The Kier molecular flexibility index (Phi) is 4.33. The fraction of sp³-hybridized carbons (Fsp3) is 1.00. The van der Waals surface area contributed by atoms with Crippen LogP contribution < -0.4 is 5.32 Å². The van der Waals surface area contributed by atoms with Gasteiger partial charge in [-0.3, -0.25) is 0 Å². The van der Waals surface area contributed by atoms with Gasteiger partial charge >= 0.3 is 0 Å². The van der Waals surface area contributed by atoms with E-state index in [2.05, 4.69) is 5.32 Å². The highest BCUT2D eigenvalue weighted by Crippen LogP contribution is 2.32. The van der Waals surface area contributed by atoms with Crippen LogP contribution >= 0.6 is 0 Å². The van der Waals surface area contributed by atoms with Gasteiger partial charge in [-0.05, 0) is 44.6 Å². The van der Waals surface area contributed by atoms with Crippen molar-refractivity contribution in [3.8, 4) is 0 Å². The molecule has 0 bridgehead atoms. The van der Waals surface area contributed by atoms with E-state index < -0.39 is 25.1 Å². The Morgan fingerprint density at radius 2 is 1.86 bits per heavy atom. The minimum absolute atomic E-state index is 0.00977. The minimum Gasteiger partial charge on any atom is -0.313 e. The lowest BCUT2D eigenvalue weighted by Gasteiger charge is -2.27. The van der Waals surface area contributed by atoms with Gasteiger partial charge in [0.25, 0.3) is 0 Å². The Morgan fingerprint density at radius 3 is 2.38 bits per heavy atom. The van der Waals surface area contributed by atoms with E-state index in [9.17, 15) is 16.8 Å². The van der Waals surface area contributed by atoms with Gasteiger partial charge in [0.1, 0.15) is 0 Å². The first-order valence-electron chi connectivity index (χ1n) is 7.79. The summed E-state index contributed by atoms with van der Waals surface area (Å²) in [5.74, 6) is 0.281. The molecule has 6 nitrogen and oxygen atoms in total. The Labute approximate surface area is 127 Å². The zero-order chi connectivity index (χ0) is 15.1. The van der Waals surface area contributed by atoms with E-state index in [1.54, 1.807) is 4.31 Å². The molecule has 0 aromatic heterocycles. The third kappa shape index (κ3) is 3.78. The second kappa shape index (κ2) is 5.79. The molecular weight excluding hydrogens is 312 g/mol. The summed E-state index contributed by atoms with van der Waals surface area (Å²) in [4.78, 5) is 0. The summed E-state index contributed by atoms with van der Waals surface area (Å²) in [7, 11) is -6.67. The van der Waals surface area contributed by atoms with Crippen molar-refractivity contribution in [3.05, 3.63) is 0 Å². The van der Waals surface area contributed by atoms with Gasteiger partial charge in [-0.25, -0.2) is 16.8 Å². The normalized spacial score (nSPS) is 32.8. The number of nitrogens with one attached hydrogen (secondary N) is 1. The summed E-state index contributed by atoms with van der Waals surface area (Å²) in [5, 5.41) is 2.60. The lowest BCUT2D eigenvalue weighted by Crippen LogP contribution is -2.46. The van der Waals surface area contributed by atoms with Crippen LogP contribution in [0.25, 0.3) is 0 Å². The van der Waals surface area contributed by atoms with Crippen molar-refractivity contribution in [1.82, 2.24) is 9.62 Å². The molecule has 1 aliphatic carbocycles. The molecule has 21 heavy (non-hydrogen) atoms. The molecule has 2 unspecified atom stereocenters. The van der Waals surface area contributed by atoms with E-state index in [1.807, 2.05) is 0 Å². The van der Waals surface area contributed by atoms with Crippen molar-refractivity contribution in [3.63, 3.8) is 0 Å². The van der Waals surface area contributed by atoms with Gasteiger partial charge in [-0.1, -0.05) is 0 Å². The molecular formula is C13H24N2O4S2. The predicted molar refractivity (Wildman–Crippen MR) is 81.3 cm³/mol. The summed E-state index contributed by atoms with van der Waals surface area (Å²) < 4.78 is 50.4. The Morgan fingerprint density at radius 1 is 1.10 bits per heavy atom. The molecule has 2 heterocycles. The third-order valence-electron chi connectivity index (χ3n) is 4.72. The molecule has 2 saturated heterocycles. The van der Waals surface area contributed by atoms with Crippen LogP contribution in [0.1, 0.15) is 32.1 Å². The van der Waals surface area contributed by atoms with Crippen molar-refractivity contribution < 1.29 is 16.8 Å². The van der Waals surface area contributed by atoms with Crippen molar-refractivity contribution in [2.45, 2.75) is 43.4 Å². The van der Waals surface area contributed by atoms with Gasteiger partial charge in [-0.2, -0.15) is 4.31 Å². The van der Waals surface area contributed by atoms with Crippen LogP contribution in [0.15, 0.2) is 0 Å². The van der Waals surface area contributed by atoms with Crippen molar-refractivity contribution >= 4 is 19.9 Å². The van der Waals surface area contributed by atoms with E-state index in [4.69, 9.17) is 0 Å². The average molecular weight is 336 g/mol. The first-order chi connectivity index (χ1) is 9.87. The molecule has 2 atom stereocenters. The molecule has 3 rings (SSSR count). The van der Waals surface area contributed by atoms with Gasteiger partial charge in [0.05, 0.1) is 16.8 Å². The fourth-order valence-corrected chi connectivity index (χ4v) is 7.88. The van der Waals surface area contributed by atoms with Gasteiger partial charge in [0, 0.05) is 19.1 Å². The van der Waals surface area contributed by atoms with Gasteiger partial charge in [-0.15, -0.1) is 0 Å². The highest BCUT2D eigenvalue weighted by molar-refractivity contribution is 7.95. The molecule has 0 spiro atoms. The highest BCUT2D eigenvalue weighted by atomic mass is 32.2. The van der Waals surface area contributed by atoms with Crippen LogP contribution in [0.3, 0.4) is 0 Å². The van der Waals surface area contributed by atoms with Crippen molar-refractivity contribution in [2.24, 2.45) is 5.92 Å². The summed E-state index contributed by atoms with van der Waals surface area (Å²) >= 11 is 0. The third-order valence-corrected chi connectivity index (χ3v) is 8.96. The number of sulfone groups is 1. The van der Waals surface area contributed by atoms with E-state index in [0.717, 1.165) is 32.2 Å². The molecule has 3 fully saturated rings. The average Bonchev–Trinajstić information content (AvgIpc) is 2.92. The molecule has 3 aliphatic rings. The molecule has 0 amide bonds. The topological polar surface area (TPSA) is 83.5 Å². The molecule has 1 saturated carbocycles. The van der Waals surface area contributed by atoms with Crippen LogP contribution in [0.5, 0.6) is 0 Å². The molecule has 0 aromatic carbocycles. The van der Waals surface area contributed by atoms with Crippen LogP contribution in [-0.2, 0) is 19.9 Å². The first-order valence-corrected chi connectivity index (χ1v) is 11.1. The predicted octanol–water partition coefficient (Wildman–Crippen LogP) is -0.0327. The number of rotatable bonds is 6. The maximum absolute atomic E-state index is 12.8. The van der Waals surface area contributed by atoms with E-state index in [0.29, 0.717) is 19.0 Å². The van der Waals surface area contributed by atoms with E-state index >= 15 is 0 Å². The number of sulfonamides is 1. The second-order valence-corrected chi connectivity index (χ2v) is 11.1. The quantitative estimate of drug-likeness (QED) is 0.736. The van der Waals surface area contributed by atoms with Crippen LogP contribution in [0.2, 0.25) is 0 Å². The minimum atomic E-state index is -3.50. The maximum Gasteiger partial charge on any atom is 0.218 e. The number of nitrogens with zero attached hydrogens (tertiary/aromatic N) is 1. The standard InChI is InChI=1S/C13H24N2O4S2/c16-20(17)7-5-13(10-20)21(18,19)15(8-11-3-4-11)9-12-2-1-6-14-12/h11-14H,1-10H2. The van der Waals surface area contributed by atoms with Crippen LogP contribution in [-0.4, -0.2) is 63.6 Å². The largest absolute Gasteiger partial charge is 0.313 e. The van der Waals surface area contributed by atoms with Crippen molar-refractivity contribution in [2.75, 3.05) is 31.1 Å². The molecule has 0 radical (unpaired) electrons. The van der Waals surface area contributed by atoms with Crippen molar-refractivity contribution in [1.29, 1.82) is 0 Å². The first kappa shape index (κ1) is 15.7. The Bertz CT molecular complexity index is 577. The van der Waals surface area contributed by atoms with E-state index in [-0.39, 0.29) is 24.0 Å². The smallest absolute Gasteiger partial charge is 0.218 e. The monoisotopic (exact) mass is 336 g/mol. The summed E-state index contributed by atoms with van der Waals surface area (Å²) in [6.45, 7) is 2.01. The molecule has 2 aliphatic heterocycles. The lowest BCUT2D eigenvalue weighted by molar-refractivity contribution is 0.354. The summed E-state index contributed by atoms with van der Waals surface area (Å²) in [5.41, 5.74) is 0. The van der Waals surface area contributed by atoms with Gasteiger partial charge in [0.15, 0.2) is 9.84 Å². The molecule has 1 N–H and O–H groups in total. The second-order valence-electron chi connectivity index (χ2n) is 6.62. The van der Waals surface area contributed by atoms with Gasteiger partial charge < -0.3 is 5.32 Å². The number of hydrogen-bond acceptors (Lipinski definition) is 5. The summed E-state index contributed by atoms with van der Waals surface area (Å²) in [6, 6.07) is 0.219. The highest BCUT2D eigenvalue weighted by Gasteiger charge is 2.42. The van der Waals surface area contributed by atoms with Crippen LogP contribution in [0.4, 0.5) is 0 Å². The number of hydrogen-bond donors (Lipinski definition) is 1. The zero-order valence-electron chi connectivity index (χ0n) is 12.2. The molecule has 0 aromatic rings. The zero-order valence-corrected chi connectivity index (χ0v) is 13.8. The molecule has 8 heteroatoms. The Balaban J connectivity index is 1.73. The van der Waals surface area contributed by atoms with Crippen LogP contribution in [0, 0.1) is 5.92 Å². The Hall–Kier alpha value is -0.180. The SMILES string of the molecule is O=S1(=O)CCC(S(=O)(=O)N(CC2CC2)CC2CCCN2)C1. The van der Waals surface area contributed by atoms with Gasteiger partial charge in [0.2, 0.25) is 10.0 Å². The molecule has 122 valence electrons.